The molecule has 1 fully saturated rings. The van der Waals surface area contributed by atoms with Gasteiger partial charge in [-0.25, -0.2) is 4.98 Å². The lowest BCUT2D eigenvalue weighted by molar-refractivity contribution is 0.0576. The first-order valence-electron chi connectivity index (χ1n) is 6.25. The molecule has 5 heteroatoms. The van der Waals surface area contributed by atoms with Crippen molar-refractivity contribution in [1.29, 1.82) is 0 Å². The standard InChI is InChI=1S/C13H19ClN2O2/c1-16(7-10-3-2-4-18-9-10)13-5-11(8-17)12(14)6-15-13/h5-6,10,17H,2-4,7-9H2,1H3. The second kappa shape index (κ2) is 6.36. The molecule has 0 radical (unpaired) electrons. The monoisotopic (exact) mass is 270 g/mol. The topological polar surface area (TPSA) is 45.6 Å². The number of nitrogens with zero attached hydrogens (tertiary/aromatic N) is 2. The van der Waals surface area contributed by atoms with Gasteiger partial charge in [-0.2, -0.15) is 0 Å². The van der Waals surface area contributed by atoms with E-state index in [1.54, 1.807) is 6.20 Å². The van der Waals surface area contributed by atoms with E-state index in [-0.39, 0.29) is 6.61 Å². The molecule has 1 aromatic heterocycles. The van der Waals surface area contributed by atoms with Crippen LogP contribution in [0, 0.1) is 5.92 Å². The molecule has 0 aromatic carbocycles. The molecule has 1 unspecified atom stereocenters. The Morgan fingerprint density at radius 3 is 3.11 bits per heavy atom. The Kier molecular flexibility index (Phi) is 4.80. The average molecular weight is 271 g/mol. The number of ether oxygens (including phenoxy) is 1. The summed E-state index contributed by atoms with van der Waals surface area (Å²) in [4.78, 5) is 6.39. The molecular weight excluding hydrogens is 252 g/mol. The number of aliphatic hydroxyl groups is 1. The van der Waals surface area contributed by atoms with Crippen molar-refractivity contribution >= 4 is 17.4 Å². The minimum Gasteiger partial charge on any atom is -0.392 e. The van der Waals surface area contributed by atoms with Crippen LogP contribution in [0.1, 0.15) is 18.4 Å². The van der Waals surface area contributed by atoms with Crippen LogP contribution in [0.4, 0.5) is 5.82 Å². The maximum Gasteiger partial charge on any atom is 0.128 e. The van der Waals surface area contributed by atoms with Crippen molar-refractivity contribution in [3.63, 3.8) is 0 Å². The summed E-state index contributed by atoms with van der Waals surface area (Å²) >= 11 is 5.93. The predicted molar refractivity (Wildman–Crippen MR) is 72.0 cm³/mol. The summed E-state index contributed by atoms with van der Waals surface area (Å²) in [5, 5.41) is 9.71. The Bertz CT molecular complexity index is 395. The lowest BCUT2D eigenvalue weighted by Gasteiger charge is -2.28. The number of hydrogen-bond donors (Lipinski definition) is 1. The molecule has 2 heterocycles. The Morgan fingerprint density at radius 2 is 2.44 bits per heavy atom. The van der Waals surface area contributed by atoms with Gasteiger partial charge in [0.2, 0.25) is 0 Å². The van der Waals surface area contributed by atoms with E-state index < -0.39 is 0 Å². The fraction of sp³-hybridized carbons (Fsp3) is 0.615. The van der Waals surface area contributed by atoms with E-state index in [0.717, 1.165) is 32.0 Å². The zero-order chi connectivity index (χ0) is 13.0. The van der Waals surface area contributed by atoms with Gasteiger partial charge in [-0.1, -0.05) is 11.6 Å². The fourth-order valence-corrected chi connectivity index (χ4v) is 2.39. The van der Waals surface area contributed by atoms with Crippen molar-refractivity contribution in [2.24, 2.45) is 5.92 Å². The van der Waals surface area contributed by atoms with Crippen LogP contribution in [-0.4, -0.2) is 36.9 Å². The minimum absolute atomic E-state index is 0.0608. The van der Waals surface area contributed by atoms with E-state index in [1.807, 2.05) is 13.1 Å². The molecule has 1 saturated heterocycles. The third-order valence-electron chi connectivity index (χ3n) is 3.27. The van der Waals surface area contributed by atoms with Gasteiger partial charge in [0.25, 0.3) is 0 Å². The lowest BCUT2D eigenvalue weighted by Crippen LogP contribution is -2.31. The van der Waals surface area contributed by atoms with Crippen molar-refractivity contribution < 1.29 is 9.84 Å². The molecule has 18 heavy (non-hydrogen) atoms. The van der Waals surface area contributed by atoms with Gasteiger partial charge in [0, 0.05) is 32.0 Å². The maximum absolute atomic E-state index is 9.20. The summed E-state index contributed by atoms with van der Waals surface area (Å²) in [6.07, 6.45) is 3.93. The van der Waals surface area contributed by atoms with Gasteiger partial charge >= 0.3 is 0 Å². The molecule has 2 rings (SSSR count). The zero-order valence-electron chi connectivity index (χ0n) is 10.6. The van der Waals surface area contributed by atoms with Gasteiger partial charge < -0.3 is 14.7 Å². The summed E-state index contributed by atoms with van der Waals surface area (Å²) in [5.74, 6) is 1.40. The fourth-order valence-electron chi connectivity index (χ4n) is 2.23. The summed E-state index contributed by atoms with van der Waals surface area (Å²) in [7, 11) is 2.01. The van der Waals surface area contributed by atoms with Crippen LogP contribution in [0.25, 0.3) is 0 Å². The van der Waals surface area contributed by atoms with Crippen molar-refractivity contribution in [3.8, 4) is 0 Å². The number of hydrogen-bond acceptors (Lipinski definition) is 4. The van der Waals surface area contributed by atoms with Crippen LogP contribution in [-0.2, 0) is 11.3 Å². The third-order valence-corrected chi connectivity index (χ3v) is 3.61. The normalized spacial score (nSPS) is 19.8. The molecule has 1 atom stereocenters. The highest BCUT2D eigenvalue weighted by molar-refractivity contribution is 6.31. The molecule has 0 spiro atoms. The second-order valence-electron chi connectivity index (χ2n) is 4.76. The minimum atomic E-state index is -0.0608. The molecule has 1 N–H and O–H groups in total. The number of halogens is 1. The molecule has 4 nitrogen and oxygen atoms in total. The first-order chi connectivity index (χ1) is 8.70. The van der Waals surface area contributed by atoms with Crippen LogP contribution >= 0.6 is 11.6 Å². The molecule has 100 valence electrons. The van der Waals surface area contributed by atoms with Crippen molar-refractivity contribution in [2.75, 3.05) is 31.7 Å². The smallest absolute Gasteiger partial charge is 0.128 e. The SMILES string of the molecule is CN(CC1CCCOC1)c1cc(CO)c(Cl)cn1. The van der Waals surface area contributed by atoms with E-state index in [1.165, 1.54) is 6.42 Å². The van der Waals surface area contributed by atoms with Gasteiger partial charge in [-0.3, -0.25) is 0 Å². The van der Waals surface area contributed by atoms with Crippen LogP contribution in [0.2, 0.25) is 5.02 Å². The van der Waals surface area contributed by atoms with E-state index in [4.69, 9.17) is 16.3 Å². The van der Waals surface area contributed by atoms with Gasteiger partial charge in [0.1, 0.15) is 5.82 Å². The van der Waals surface area contributed by atoms with Gasteiger partial charge in [0.05, 0.1) is 18.2 Å². The van der Waals surface area contributed by atoms with E-state index >= 15 is 0 Å². The molecule has 1 aliphatic heterocycles. The number of rotatable bonds is 4. The first kappa shape index (κ1) is 13.6. The highest BCUT2D eigenvalue weighted by atomic mass is 35.5. The Hall–Kier alpha value is -0.840. The van der Waals surface area contributed by atoms with E-state index in [0.29, 0.717) is 16.5 Å². The predicted octanol–water partition coefficient (Wildman–Crippen LogP) is 2.09. The molecule has 1 aliphatic rings. The highest BCUT2D eigenvalue weighted by Crippen LogP contribution is 2.22. The molecule has 0 amide bonds. The Labute approximate surface area is 113 Å². The average Bonchev–Trinajstić information content (AvgIpc) is 2.40. The van der Waals surface area contributed by atoms with Crippen molar-refractivity contribution in [3.05, 3.63) is 22.8 Å². The largest absolute Gasteiger partial charge is 0.392 e. The van der Waals surface area contributed by atoms with Crippen LogP contribution in [0.15, 0.2) is 12.3 Å². The van der Waals surface area contributed by atoms with Crippen LogP contribution < -0.4 is 4.90 Å². The molecule has 1 aromatic rings. The molecule has 0 aliphatic carbocycles. The zero-order valence-corrected chi connectivity index (χ0v) is 11.4. The third kappa shape index (κ3) is 3.34. The first-order valence-corrected chi connectivity index (χ1v) is 6.62. The van der Waals surface area contributed by atoms with Crippen LogP contribution in [0.3, 0.4) is 0 Å². The number of aliphatic hydroxyl groups excluding tert-OH is 1. The van der Waals surface area contributed by atoms with E-state index in [2.05, 4.69) is 9.88 Å². The van der Waals surface area contributed by atoms with Gasteiger partial charge in [-0.15, -0.1) is 0 Å². The summed E-state index contributed by atoms with van der Waals surface area (Å²) in [5.41, 5.74) is 0.716. The Balaban J connectivity index is 2.01. The molecular formula is C13H19ClN2O2. The number of pyridine rings is 1. The second-order valence-corrected chi connectivity index (χ2v) is 5.16. The van der Waals surface area contributed by atoms with Gasteiger partial charge in [-0.05, 0) is 24.8 Å². The molecule has 0 saturated carbocycles. The number of anilines is 1. The summed E-state index contributed by atoms with van der Waals surface area (Å²) < 4.78 is 5.47. The summed E-state index contributed by atoms with van der Waals surface area (Å²) in [6.45, 7) is 2.56. The van der Waals surface area contributed by atoms with E-state index in [9.17, 15) is 5.11 Å². The molecule has 0 bridgehead atoms. The quantitative estimate of drug-likeness (QED) is 0.910. The summed E-state index contributed by atoms with van der Waals surface area (Å²) in [6, 6.07) is 1.84. The van der Waals surface area contributed by atoms with Crippen LogP contribution in [0.5, 0.6) is 0 Å². The maximum atomic E-state index is 9.20. The lowest BCUT2D eigenvalue weighted by atomic mass is 10.0. The van der Waals surface area contributed by atoms with Crippen molar-refractivity contribution in [1.82, 2.24) is 4.98 Å². The highest BCUT2D eigenvalue weighted by Gasteiger charge is 2.17. The van der Waals surface area contributed by atoms with Gasteiger partial charge in [0.15, 0.2) is 0 Å². The number of aromatic nitrogens is 1. The Morgan fingerprint density at radius 1 is 1.61 bits per heavy atom. The van der Waals surface area contributed by atoms with Crippen molar-refractivity contribution in [2.45, 2.75) is 19.4 Å².